The third-order valence-corrected chi connectivity index (χ3v) is 9.59. The fourth-order valence-corrected chi connectivity index (χ4v) is 8.40. The molecule has 0 aliphatic heterocycles. The van der Waals surface area contributed by atoms with Gasteiger partial charge in [0.25, 0.3) is 0 Å². The predicted octanol–water partition coefficient (Wildman–Crippen LogP) is 2.89. The molecule has 4 aliphatic rings. The fraction of sp³-hybridized carbons (Fsp3) is 0.913. The molecule has 0 aromatic carbocycles. The molecule has 1 aromatic rings. The molecule has 0 radical (unpaired) electrons. The van der Waals surface area contributed by atoms with Crippen LogP contribution in [0.4, 0.5) is 0 Å². The molecule has 0 saturated heterocycles. The Labute approximate surface area is 178 Å². The lowest BCUT2D eigenvalue weighted by molar-refractivity contribution is -0.137. The number of nitrogens with zero attached hydrogens (tertiary/aromatic N) is 4. The molecule has 1 heterocycles. The molecule has 1 aromatic heterocycles. The molecular weight excluding hydrogens is 380 g/mol. The number of ether oxygens (including phenoxy) is 1. The molecule has 0 bridgehead atoms. The van der Waals surface area contributed by atoms with Crippen molar-refractivity contribution < 1.29 is 14.6 Å². The largest absolute Gasteiger partial charge is 0.387 e. The number of methoxy groups -OCH3 is 1. The number of aromatic nitrogens is 4. The highest BCUT2D eigenvalue weighted by molar-refractivity contribution is 5.81. The molecule has 7 heteroatoms. The first kappa shape index (κ1) is 20.6. The van der Waals surface area contributed by atoms with Gasteiger partial charge < -0.3 is 9.84 Å². The van der Waals surface area contributed by atoms with Crippen LogP contribution in [0.2, 0.25) is 0 Å². The molecule has 8 atom stereocenters. The molecule has 1 N–H and O–H groups in total. The Balaban J connectivity index is 1.29. The van der Waals surface area contributed by atoms with Crippen molar-refractivity contribution >= 4 is 5.78 Å². The van der Waals surface area contributed by atoms with Gasteiger partial charge in [-0.25, -0.2) is 0 Å². The molecule has 30 heavy (non-hydrogen) atoms. The summed E-state index contributed by atoms with van der Waals surface area (Å²) in [5, 5.41) is 22.6. The van der Waals surface area contributed by atoms with Crippen molar-refractivity contribution in [2.24, 2.45) is 40.9 Å². The van der Waals surface area contributed by atoms with Crippen molar-refractivity contribution in [1.82, 2.24) is 20.2 Å². The first-order valence-corrected chi connectivity index (χ1v) is 11.9. The van der Waals surface area contributed by atoms with Gasteiger partial charge >= 0.3 is 0 Å². The van der Waals surface area contributed by atoms with Crippen molar-refractivity contribution in [2.45, 2.75) is 76.9 Å². The zero-order valence-corrected chi connectivity index (χ0v) is 18.4. The molecule has 0 spiro atoms. The van der Waals surface area contributed by atoms with E-state index in [-0.39, 0.29) is 23.7 Å². The molecule has 7 nitrogen and oxygen atoms in total. The van der Waals surface area contributed by atoms with E-state index < -0.39 is 5.60 Å². The highest BCUT2D eigenvalue weighted by Crippen LogP contribution is 2.64. The Morgan fingerprint density at radius 3 is 2.73 bits per heavy atom. The van der Waals surface area contributed by atoms with Crippen LogP contribution in [0.5, 0.6) is 0 Å². The van der Waals surface area contributed by atoms with Gasteiger partial charge in [-0.3, -0.25) is 4.79 Å². The highest BCUT2D eigenvalue weighted by atomic mass is 16.5. The number of tetrazole rings is 1. The average Bonchev–Trinajstić information content (AvgIpc) is 3.34. The summed E-state index contributed by atoms with van der Waals surface area (Å²) in [5.74, 6) is 3.99. The van der Waals surface area contributed by atoms with Gasteiger partial charge in [0.2, 0.25) is 0 Å². The second-order valence-electron chi connectivity index (χ2n) is 10.9. The quantitative estimate of drug-likeness (QED) is 0.794. The zero-order valence-electron chi connectivity index (χ0n) is 18.4. The summed E-state index contributed by atoms with van der Waals surface area (Å²) in [4.78, 5) is 14.6. The number of Topliss-reactive ketones (excluding diaryl/α,β-unsaturated/α-hetero) is 1. The number of rotatable bonds is 5. The van der Waals surface area contributed by atoms with Crippen LogP contribution in [-0.4, -0.2) is 50.4 Å². The number of fused-ring (bicyclic) bond motifs is 5. The van der Waals surface area contributed by atoms with Crippen LogP contribution in [0.15, 0.2) is 6.33 Å². The minimum atomic E-state index is -0.619. The van der Waals surface area contributed by atoms with Crippen molar-refractivity contribution in [3.05, 3.63) is 6.33 Å². The Morgan fingerprint density at radius 1 is 1.13 bits per heavy atom. The van der Waals surface area contributed by atoms with E-state index in [0.29, 0.717) is 18.4 Å². The van der Waals surface area contributed by atoms with E-state index in [1.165, 1.54) is 36.8 Å². The van der Waals surface area contributed by atoms with Gasteiger partial charge in [-0.2, -0.15) is 4.80 Å². The number of carbonyl (C=O) groups excluding carboxylic acids is 1. The van der Waals surface area contributed by atoms with Crippen molar-refractivity contribution in [3.8, 4) is 0 Å². The van der Waals surface area contributed by atoms with Gasteiger partial charge in [-0.1, -0.05) is 6.92 Å². The highest BCUT2D eigenvalue weighted by Gasteiger charge is 2.59. The maximum atomic E-state index is 13.1. The smallest absolute Gasteiger partial charge is 0.162 e. The van der Waals surface area contributed by atoms with Gasteiger partial charge in [0.05, 0.1) is 12.2 Å². The second-order valence-corrected chi connectivity index (χ2v) is 10.9. The van der Waals surface area contributed by atoms with Gasteiger partial charge in [-0.05, 0) is 98.0 Å². The lowest BCUT2D eigenvalue weighted by atomic mass is 9.49. The van der Waals surface area contributed by atoms with E-state index in [1.54, 1.807) is 7.11 Å². The van der Waals surface area contributed by atoms with Crippen LogP contribution in [0.3, 0.4) is 0 Å². The van der Waals surface area contributed by atoms with Gasteiger partial charge in [0.15, 0.2) is 12.1 Å². The maximum Gasteiger partial charge on any atom is 0.162 e. The first-order valence-electron chi connectivity index (χ1n) is 11.9. The standard InChI is InChI=1S/C23H36N4O3/c1-22-9-7-17-16-8-10-23(29,13-30-2)11-15(16)3-4-18(17)19(22)5-6-20(22)21(28)12-27-25-14-24-26-27/h14-20,29H,3-13H2,1-2H3/t15?,16?,17?,18?,19?,20-,22+,23-/m1/s1. The van der Waals surface area contributed by atoms with E-state index in [4.69, 9.17) is 4.74 Å². The summed E-state index contributed by atoms with van der Waals surface area (Å²) < 4.78 is 5.32. The number of ketones is 1. The number of carbonyl (C=O) groups is 1. The van der Waals surface area contributed by atoms with Crippen LogP contribution in [0, 0.1) is 40.9 Å². The van der Waals surface area contributed by atoms with E-state index in [0.717, 1.165) is 49.9 Å². The minimum Gasteiger partial charge on any atom is -0.387 e. The summed E-state index contributed by atoms with van der Waals surface area (Å²) >= 11 is 0. The molecule has 166 valence electrons. The Hall–Kier alpha value is -1.34. The summed E-state index contributed by atoms with van der Waals surface area (Å²) in [6.45, 7) is 3.11. The first-order chi connectivity index (χ1) is 14.4. The second kappa shape index (κ2) is 7.66. The number of hydrogen-bond donors (Lipinski definition) is 1. The molecule has 5 rings (SSSR count). The van der Waals surface area contributed by atoms with Crippen LogP contribution < -0.4 is 0 Å². The van der Waals surface area contributed by atoms with Crippen LogP contribution in [-0.2, 0) is 16.1 Å². The van der Waals surface area contributed by atoms with Crippen LogP contribution in [0.25, 0.3) is 0 Å². The van der Waals surface area contributed by atoms with E-state index in [9.17, 15) is 9.90 Å². The Morgan fingerprint density at radius 2 is 1.97 bits per heavy atom. The predicted molar refractivity (Wildman–Crippen MR) is 110 cm³/mol. The maximum absolute atomic E-state index is 13.1. The SMILES string of the molecule is COC[C@@]1(O)CCC2C(CCC3C2CC[C@@]2(C)C3CC[C@@H]2C(=O)Cn2ncnn2)C1. The third kappa shape index (κ3) is 3.32. The van der Waals surface area contributed by atoms with Crippen molar-refractivity contribution in [3.63, 3.8) is 0 Å². The van der Waals surface area contributed by atoms with Gasteiger partial charge in [-0.15, -0.1) is 10.2 Å². The number of hydrogen-bond acceptors (Lipinski definition) is 6. The summed E-state index contributed by atoms with van der Waals surface area (Å²) in [6, 6.07) is 0. The molecule has 4 fully saturated rings. The van der Waals surface area contributed by atoms with Crippen molar-refractivity contribution in [1.29, 1.82) is 0 Å². The minimum absolute atomic E-state index is 0.122. The average molecular weight is 417 g/mol. The molecule has 0 amide bonds. The number of aliphatic hydroxyl groups is 1. The Kier molecular flexibility index (Phi) is 5.25. The monoisotopic (exact) mass is 416 g/mol. The van der Waals surface area contributed by atoms with E-state index in [2.05, 4.69) is 22.3 Å². The zero-order chi connectivity index (χ0) is 20.9. The van der Waals surface area contributed by atoms with Gasteiger partial charge in [0.1, 0.15) is 6.54 Å². The van der Waals surface area contributed by atoms with E-state index in [1.807, 2.05) is 0 Å². The molecule has 4 saturated carbocycles. The van der Waals surface area contributed by atoms with Crippen molar-refractivity contribution in [2.75, 3.05) is 13.7 Å². The normalized spacial score (nSPS) is 45.4. The topological polar surface area (TPSA) is 90.1 Å². The molecule has 4 aliphatic carbocycles. The summed E-state index contributed by atoms with van der Waals surface area (Å²) in [7, 11) is 1.69. The summed E-state index contributed by atoms with van der Waals surface area (Å²) in [6.07, 6.45) is 11.4. The Bertz CT molecular complexity index is 771. The van der Waals surface area contributed by atoms with Crippen LogP contribution >= 0.6 is 0 Å². The fourth-order valence-electron chi connectivity index (χ4n) is 8.40. The lowest BCUT2D eigenvalue weighted by Crippen LogP contribution is -2.52. The van der Waals surface area contributed by atoms with Crippen LogP contribution in [0.1, 0.15) is 64.7 Å². The third-order valence-electron chi connectivity index (χ3n) is 9.59. The molecule has 5 unspecified atom stereocenters. The summed E-state index contributed by atoms with van der Waals surface area (Å²) in [5.41, 5.74) is -0.497. The van der Waals surface area contributed by atoms with E-state index >= 15 is 0 Å². The molecular formula is C23H36N4O3. The lowest BCUT2D eigenvalue weighted by Gasteiger charge is -2.57. The van der Waals surface area contributed by atoms with Gasteiger partial charge in [0, 0.05) is 13.0 Å².